The first-order valence-corrected chi connectivity index (χ1v) is 24.7. The average Bonchev–Trinajstić information content (AvgIpc) is 3.57. The van der Waals surface area contributed by atoms with Crippen molar-refractivity contribution in [1.29, 1.82) is 0 Å². The summed E-state index contributed by atoms with van der Waals surface area (Å²) in [6.07, 6.45) is 19.9. The van der Waals surface area contributed by atoms with Gasteiger partial charge in [0.1, 0.15) is 23.4 Å². The number of nitrogens with one attached hydrogen (secondary N) is 1. The molecule has 0 spiro atoms. The number of phenolic OH excluding ortho intramolecular Hbond substituents is 3. The van der Waals surface area contributed by atoms with Crippen molar-refractivity contribution in [3.63, 3.8) is 0 Å². The molecule has 9 atom stereocenters. The molecule has 6 N–H and O–H groups in total. The zero-order valence-corrected chi connectivity index (χ0v) is 41.7. The number of Topliss-reactive ketones (excluding diaryl/α,β-unsaturated/α-hetero) is 1. The lowest BCUT2D eigenvalue weighted by Gasteiger charge is -2.38. The first kappa shape index (κ1) is 53.8. The Labute approximate surface area is 402 Å². The maximum Gasteiger partial charge on any atom is 0.312 e. The Morgan fingerprint density at radius 2 is 1.38 bits per heavy atom. The maximum absolute atomic E-state index is 14.7. The predicted molar refractivity (Wildman–Crippen MR) is 263 cm³/mol. The molecule has 0 aromatic heterocycles. The number of rotatable bonds is 4. The summed E-state index contributed by atoms with van der Waals surface area (Å²) in [5.74, 6) is -8.23. The van der Waals surface area contributed by atoms with Crippen molar-refractivity contribution in [2.75, 3.05) is 25.5 Å². The number of carbonyl (C=O) groups excluding carboxylic acids is 3. The predicted octanol–water partition coefficient (Wildman–Crippen LogP) is 9.47. The summed E-state index contributed by atoms with van der Waals surface area (Å²) in [5.41, 5.74) is -0.238. The first-order chi connectivity index (χ1) is 32.3. The van der Waals surface area contributed by atoms with Gasteiger partial charge in [-0.05, 0) is 32.8 Å². The van der Waals surface area contributed by atoms with Crippen molar-refractivity contribution in [2.24, 2.45) is 28.8 Å². The number of aromatic hydroxyl groups is 3. The number of benzene rings is 2. The van der Waals surface area contributed by atoms with Crippen molar-refractivity contribution >= 4 is 40.3 Å². The molecule has 376 valence electrons. The lowest BCUT2D eigenvalue weighted by molar-refractivity contribution is -0.160. The molecule has 1 amide bonds. The van der Waals surface area contributed by atoms with Gasteiger partial charge in [-0.15, -0.1) is 0 Å². The van der Waals surface area contributed by atoms with Crippen molar-refractivity contribution in [1.82, 2.24) is 5.01 Å². The third-order valence-corrected chi connectivity index (χ3v) is 14.2. The molecule has 15 heteroatoms. The van der Waals surface area contributed by atoms with Crippen molar-refractivity contribution in [3.05, 3.63) is 52.8 Å². The number of aliphatic hydroxyl groups is 2. The highest BCUT2D eigenvalue weighted by Crippen LogP contribution is 2.55. The topological polar surface area (TPSA) is 217 Å². The van der Waals surface area contributed by atoms with Gasteiger partial charge in [-0.2, -0.15) is 5.10 Å². The fourth-order valence-corrected chi connectivity index (χ4v) is 9.77. The second-order valence-corrected chi connectivity index (χ2v) is 19.4. The summed E-state index contributed by atoms with van der Waals surface area (Å²) in [6, 6.07) is 0. The second kappa shape index (κ2) is 24.4. The number of amides is 1. The molecule has 0 radical (unpaired) electrons. The van der Waals surface area contributed by atoms with Gasteiger partial charge >= 0.3 is 11.8 Å². The van der Waals surface area contributed by atoms with Crippen LogP contribution in [-0.2, 0) is 23.8 Å². The number of hydrogen-bond donors (Lipinski definition) is 6. The minimum atomic E-state index is -2.05. The van der Waals surface area contributed by atoms with Crippen LogP contribution in [0.2, 0.25) is 0 Å². The molecular formula is C53H77N3O12. The Balaban J connectivity index is 1.66. The van der Waals surface area contributed by atoms with Crippen molar-refractivity contribution in [2.45, 2.75) is 169 Å². The van der Waals surface area contributed by atoms with Gasteiger partial charge < -0.3 is 49.8 Å². The molecule has 0 saturated carbocycles. The number of fused-ring (bicyclic) bond motifs is 14. The second-order valence-electron chi connectivity index (χ2n) is 19.4. The molecule has 2 aromatic carbocycles. The Morgan fingerprint density at radius 1 is 0.809 bits per heavy atom. The summed E-state index contributed by atoms with van der Waals surface area (Å²) < 4.78 is 23.9. The standard InChI is InChI=1S/C53H77N3O12/c1-31-24-23-25-32(2)52(64)55-43-38(30-54-56-27-21-19-17-15-13-11-10-12-14-16-18-20-22-28-56)47(61)40-41(48(43)62)46(60)36(6)50-42(40)51(63)53(8,68-50)66-29-26-39(65-9)33(3)49(67-37(7)57)35(5)45(59)34(4)44(31)58/h23-26,29-31,33-35,39,44-45,49,58-62H,10-22,27-28H2,1-9H3,(H,55,64)/b24-23-,29-26-,32-25+,54-30+. The van der Waals surface area contributed by atoms with Gasteiger partial charge in [0.25, 0.3) is 11.7 Å². The first-order valence-electron chi connectivity index (χ1n) is 24.7. The number of methoxy groups -OCH3 is 1. The molecular weight excluding hydrogens is 871 g/mol. The number of allylic oxidation sites excluding steroid dienone is 2. The molecule has 5 bridgehead atoms. The summed E-state index contributed by atoms with van der Waals surface area (Å²) in [5, 5.41) is 68.4. The Hall–Kier alpha value is -5.12. The minimum absolute atomic E-state index is 0.0696. The molecule has 1 saturated heterocycles. The molecule has 15 nitrogen and oxygen atoms in total. The van der Waals surface area contributed by atoms with E-state index in [0.29, 0.717) is 13.1 Å². The number of nitrogens with zero attached hydrogens (tertiary/aromatic N) is 2. The van der Waals surface area contributed by atoms with Crippen molar-refractivity contribution in [3.8, 4) is 23.0 Å². The van der Waals surface area contributed by atoms with Gasteiger partial charge in [0.2, 0.25) is 0 Å². The van der Waals surface area contributed by atoms with Crippen LogP contribution in [0.5, 0.6) is 23.0 Å². The monoisotopic (exact) mass is 948 g/mol. The van der Waals surface area contributed by atoms with Crippen LogP contribution in [-0.4, -0.2) is 105 Å². The fourth-order valence-electron chi connectivity index (χ4n) is 9.77. The SMILES string of the molecule is COC1/C=C\OC2(C)Oc3c(C)c(O)c4c(O)c(c(/C=N/N5CCCCCCCCCCCCCCC5)c(O)c4c3C2=O)NC(=O)/C(C)=C/C=C\C(C)C(O)C(C)C(O)C(C)C(OC(C)=O)C1C. The third-order valence-electron chi connectivity index (χ3n) is 14.2. The highest BCUT2D eigenvalue weighted by atomic mass is 16.7. The van der Waals surface area contributed by atoms with Gasteiger partial charge in [0.15, 0.2) is 5.75 Å². The van der Waals surface area contributed by atoms with Crippen LogP contribution in [0.1, 0.15) is 153 Å². The zero-order chi connectivity index (χ0) is 49.9. The van der Waals surface area contributed by atoms with E-state index in [1.54, 1.807) is 46.8 Å². The van der Waals surface area contributed by atoms with Crippen molar-refractivity contribution < 1.29 is 58.9 Å². The van der Waals surface area contributed by atoms with Crippen LogP contribution in [0.15, 0.2) is 41.2 Å². The van der Waals surface area contributed by atoms with Gasteiger partial charge in [-0.25, -0.2) is 0 Å². The number of hydrogen-bond acceptors (Lipinski definition) is 14. The normalized spacial score (nSPS) is 30.9. The molecule has 2 aromatic rings. The van der Waals surface area contributed by atoms with Crippen LogP contribution in [0.3, 0.4) is 0 Å². The molecule has 4 aliphatic heterocycles. The van der Waals surface area contributed by atoms with E-state index in [2.05, 4.69) is 5.32 Å². The number of esters is 1. The third kappa shape index (κ3) is 12.6. The molecule has 6 rings (SSSR count). The van der Waals surface area contributed by atoms with Crippen LogP contribution in [0, 0.1) is 30.6 Å². The van der Waals surface area contributed by atoms with E-state index in [4.69, 9.17) is 24.0 Å². The summed E-state index contributed by atoms with van der Waals surface area (Å²) in [7, 11) is 1.45. The lowest BCUT2D eigenvalue weighted by atomic mass is 9.78. The lowest BCUT2D eigenvalue weighted by Crippen LogP contribution is -2.46. The quantitative estimate of drug-likeness (QED) is 0.0730. The van der Waals surface area contributed by atoms with Crippen LogP contribution >= 0.6 is 0 Å². The fraction of sp³-hybridized carbons (Fsp3) is 0.623. The Kier molecular flexibility index (Phi) is 19.3. The van der Waals surface area contributed by atoms with Gasteiger partial charge in [-0.3, -0.25) is 19.4 Å². The molecule has 4 aliphatic rings. The highest BCUT2D eigenvalue weighted by Gasteiger charge is 2.50. The van der Waals surface area contributed by atoms with Crippen LogP contribution in [0.4, 0.5) is 5.69 Å². The molecule has 4 heterocycles. The summed E-state index contributed by atoms with van der Waals surface area (Å²) in [4.78, 5) is 41.1. The van der Waals surface area contributed by atoms with E-state index in [1.807, 2.05) is 5.01 Å². The smallest absolute Gasteiger partial charge is 0.312 e. The van der Waals surface area contributed by atoms with E-state index in [9.17, 15) is 39.9 Å². The maximum atomic E-state index is 14.7. The zero-order valence-electron chi connectivity index (χ0n) is 41.7. The average molecular weight is 948 g/mol. The van der Waals surface area contributed by atoms with Crippen LogP contribution < -0.4 is 10.1 Å². The highest BCUT2D eigenvalue weighted by molar-refractivity contribution is 6.23. The van der Waals surface area contributed by atoms with E-state index in [1.165, 1.54) is 97.5 Å². The Morgan fingerprint density at radius 3 is 1.94 bits per heavy atom. The van der Waals surface area contributed by atoms with E-state index < -0.39 is 88.8 Å². The summed E-state index contributed by atoms with van der Waals surface area (Å²) in [6.45, 7) is 14.0. The number of carbonyl (C=O) groups is 3. The van der Waals surface area contributed by atoms with E-state index in [0.717, 1.165) is 38.5 Å². The number of ether oxygens (including phenoxy) is 4. The molecule has 1 fully saturated rings. The van der Waals surface area contributed by atoms with Gasteiger partial charge in [0.05, 0.1) is 53.0 Å². The number of phenols is 3. The number of aliphatic hydroxyl groups excluding tert-OH is 2. The molecule has 9 unspecified atom stereocenters. The number of anilines is 1. The Bertz CT molecular complexity index is 2200. The van der Waals surface area contributed by atoms with Gasteiger partial charge in [0, 0.05) is 74.2 Å². The largest absolute Gasteiger partial charge is 0.507 e. The molecule has 0 aliphatic carbocycles. The van der Waals surface area contributed by atoms with E-state index in [-0.39, 0.29) is 44.5 Å². The number of ketones is 1. The number of hydrazone groups is 1. The molecule has 68 heavy (non-hydrogen) atoms. The van der Waals surface area contributed by atoms with Crippen LogP contribution in [0.25, 0.3) is 10.8 Å². The van der Waals surface area contributed by atoms with E-state index >= 15 is 0 Å². The van der Waals surface area contributed by atoms with Gasteiger partial charge in [-0.1, -0.05) is 117 Å². The minimum Gasteiger partial charge on any atom is -0.507 e. The summed E-state index contributed by atoms with van der Waals surface area (Å²) >= 11 is 0.